The first kappa shape index (κ1) is 12.7. The highest BCUT2D eigenvalue weighted by Crippen LogP contribution is 2.47. The van der Waals surface area contributed by atoms with Crippen molar-refractivity contribution in [2.75, 3.05) is 13.7 Å². The molecular formula is C17H20N2O2. The third-order valence-corrected chi connectivity index (χ3v) is 5.22. The average molecular weight is 284 g/mol. The molecule has 2 aliphatic heterocycles. The fraction of sp³-hybridized carbons (Fsp3) is 0.471. The summed E-state index contributed by atoms with van der Waals surface area (Å²) in [5.74, 6) is 1.29. The molecule has 4 heteroatoms. The van der Waals surface area contributed by atoms with Crippen LogP contribution in [0.1, 0.15) is 31.5 Å². The van der Waals surface area contributed by atoms with Crippen molar-refractivity contribution in [3.63, 3.8) is 0 Å². The quantitative estimate of drug-likeness (QED) is 0.875. The number of nitrogens with one attached hydrogen (secondary N) is 1. The molecule has 4 nitrogen and oxygen atoms in total. The zero-order valence-corrected chi connectivity index (χ0v) is 12.7. The minimum atomic E-state index is -0.184. The summed E-state index contributed by atoms with van der Waals surface area (Å²) >= 11 is 0. The number of hydrogen-bond acceptors (Lipinski definition) is 2. The lowest BCUT2D eigenvalue weighted by Gasteiger charge is -2.39. The maximum Gasteiger partial charge on any atom is 0.226 e. The third-order valence-electron chi connectivity index (χ3n) is 5.22. The molecule has 1 saturated heterocycles. The molecule has 0 spiro atoms. The van der Waals surface area contributed by atoms with Gasteiger partial charge in [0.1, 0.15) is 5.75 Å². The molecule has 1 amide bonds. The molecule has 110 valence electrons. The number of fused-ring (bicyclic) bond motifs is 5. The highest BCUT2D eigenvalue weighted by molar-refractivity contribution is 5.89. The number of carbonyl (C=O) groups excluding carboxylic acids is 1. The zero-order valence-electron chi connectivity index (χ0n) is 12.7. The first-order chi connectivity index (χ1) is 10.0. The second-order valence-corrected chi connectivity index (χ2v) is 6.51. The van der Waals surface area contributed by atoms with Gasteiger partial charge in [-0.15, -0.1) is 0 Å². The summed E-state index contributed by atoms with van der Waals surface area (Å²) in [5.41, 5.74) is 3.52. The number of methoxy groups -OCH3 is 1. The Kier molecular flexibility index (Phi) is 2.44. The first-order valence-electron chi connectivity index (χ1n) is 7.55. The van der Waals surface area contributed by atoms with Gasteiger partial charge in [-0.05, 0) is 43.5 Å². The van der Waals surface area contributed by atoms with Crippen LogP contribution in [0.2, 0.25) is 0 Å². The van der Waals surface area contributed by atoms with Crippen LogP contribution in [0.25, 0.3) is 10.9 Å². The Labute approximate surface area is 124 Å². The van der Waals surface area contributed by atoms with Gasteiger partial charge in [-0.1, -0.05) is 6.92 Å². The van der Waals surface area contributed by atoms with E-state index in [1.807, 2.05) is 13.0 Å². The van der Waals surface area contributed by atoms with Crippen LogP contribution < -0.4 is 4.74 Å². The maximum atomic E-state index is 12.4. The molecule has 2 atom stereocenters. The number of aromatic nitrogens is 1. The van der Waals surface area contributed by atoms with E-state index in [0.717, 1.165) is 30.7 Å². The molecule has 0 bridgehead atoms. The fourth-order valence-electron chi connectivity index (χ4n) is 4.19. The maximum absolute atomic E-state index is 12.4. The SMILES string of the molecule is COc1ccc2[nH]c3c(c2c1)CCN1C(=O)C(C)C[C@]31C. The van der Waals surface area contributed by atoms with Crippen LogP contribution in [0.5, 0.6) is 5.75 Å². The summed E-state index contributed by atoms with van der Waals surface area (Å²) in [6.07, 6.45) is 1.80. The molecule has 1 fully saturated rings. The van der Waals surface area contributed by atoms with Crippen molar-refractivity contribution in [1.29, 1.82) is 0 Å². The molecule has 2 aliphatic rings. The van der Waals surface area contributed by atoms with Gasteiger partial charge < -0.3 is 14.6 Å². The number of carbonyl (C=O) groups is 1. The number of benzene rings is 1. The Hall–Kier alpha value is -1.97. The standard InChI is InChI=1S/C17H20N2O2/c1-10-9-17(2)15-12(6-7-19(17)16(10)20)13-8-11(21-3)4-5-14(13)18-15/h4-5,8,10,18H,6-7,9H2,1-3H3/t10?,17-/m1/s1. The molecule has 21 heavy (non-hydrogen) atoms. The van der Waals surface area contributed by atoms with Crippen LogP contribution >= 0.6 is 0 Å². The fourth-order valence-corrected chi connectivity index (χ4v) is 4.19. The smallest absolute Gasteiger partial charge is 0.226 e. The minimum absolute atomic E-state index is 0.113. The highest BCUT2D eigenvalue weighted by Gasteiger charge is 2.50. The van der Waals surface area contributed by atoms with Crippen molar-refractivity contribution < 1.29 is 9.53 Å². The van der Waals surface area contributed by atoms with Crippen molar-refractivity contribution in [2.45, 2.75) is 32.2 Å². The van der Waals surface area contributed by atoms with E-state index in [4.69, 9.17) is 4.74 Å². The summed E-state index contributed by atoms with van der Waals surface area (Å²) in [4.78, 5) is 18.0. The summed E-state index contributed by atoms with van der Waals surface area (Å²) < 4.78 is 5.35. The number of aromatic amines is 1. The van der Waals surface area contributed by atoms with Gasteiger partial charge >= 0.3 is 0 Å². The van der Waals surface area contributed by atoms with Crippen molar-refractivity contribution in [1.82, 2.24) is 9.88 Å². The van der Waals surface area contributed by atoms with E-state index in [-0.39, 0.29) is 11.5 Å². The summed E-state index contributed by atoms with van der Waals surface area (Å²) in [7, 11) is 1.70. The van der Waals surface area contributed by atoms with Crippen LogP contribution in [0.3, 0.4) is 0 Å². The summed E-state index contributed by atoms with van der Waals surface area (Å²) in [6, 6.07) is 6.15. The summed E-state index contributed by atoms with van der Waals surface area (Å²) in [5, 5.41) is 1.23. The lowest BCUT2D eigenvalue weighted by atomic mass is 9.85. The predicted octanol–water partition coefficient (Wildman–Crippen LogP) is 2.82. The first-order valence-corrected chi connectivity index (χ1v) is 7.55. The molecular weight excluding hydrogens is 264 g/mol. The van der Waals surface area contributed by atoms with Crippen molar-refractivity contribution in [3.8, 4) is 5.75 Å². The van der Waals surface area contributed by atoms with Gasteiger partial charge in [0.25, 0.3) is 0 Å². The van der Waals surface area contributed by atoms with Gasteiger partial charge in [-0.3, -0.25) is 4.79 Å². The van der Waals surface area contributed by atoms with E-state index in [1.54, 1.807) is 7.11 Å². The van der Waals surface area contributed by atoms with Gasteiger partial charge in [0, 0.05) is 29.1 Å². The van der Waals surface area contributed by atoms with E-state index in [1.165, 1.54) is 16.6 Å². The molecule has 3 heterocycles. The van der Waals surface area contributed by atoms with Gasteiger partial charge in [-0.2, -0.15) is 0 Å². The van der Waals surface area contributed by atoms with Crippen molar-refractivity contribution >= 4 is 16.8 Å². The highest BCUT2D eigenvalue weighted by atomic mass is 16.5. The van der Waals surface area contributed by atoms with Crippen LogP contribution in [-0.4, -0.2) is 29.4 Å². The Morgan fingerprint density at radius 3 is 3.00 bits per heavy atom. The number of nitrogens with zero attached hydrogens (tertiary/aromatic N) is 1. The van der Waals surface area contributed by atoms with Gasteiger partial charge in [0.15, 0.2) is 0 Å². The Morgan fingerprint density at radius 2 is 2.24 bits per heavy atom. The van der Waals surface area contributed by atoms with Gasteiger partial charge in [0.2, 0.25) is 5.91 Å². The van der Waals surface area contributed by atoms with Crippen LogP contribution in [0.15, 0.2) is 18.2 Å². The lowest BCUT2D eigenvalue weighted by Crippen LogP contribution is -2.46. The predicted molar refractivity (Wildman–Crippen MR) is 81.4 cm³/mol. The van der Waals surface area contributed by atoms with Gasteiger partial charge in [-0.25, -0.2) is 0 Å². The Balaban J connectivity index is 1.94. The minimum Gasteiger partial charge on any atom is -0.497 e. The molecule has 0 aliphatic carbocycles. The number of H-pyrrole nitrogens is 1. The molecule has 1 N–H and O–H groups in total. The van der Waals surface area contributed by atoms with E-state index >= 15 is 0 Å². The second kappa shape index (κ2) is 4.03. The molecule has 4 rings (SSSR count). The van der Waals surface area contributed by atoms with Crippen molar-refractivity contribution in [2.24, 2.45) is 5.92 Å². The second-order valence-electron chi connectivity index (χ2n) is 6.51. The monoisotopic (exact) mass is 284 g/mol. The number of rotatable bonds is 1. The largest absolute Gasteiger partial charge is 0.497 e. The summed E-state index contributed by atoms with van der Waals surface area (Å²) in [6.45, 7) is 5.05. The molecule has 1 aromatic carbocycles. The zero-order chi connectivity index (χ0) is 14.8. The van der Waals surface area contributed by atoms with Crippen LogP contribution in [-0.2, 0) is 16.8 Å². The number of amides is 1. The lowest BCUT2D eigenvalue weighted by molar-refractivity contribution is -0.133. The Morgan fingerprint density at radius 1 is 1.43 bits per heavy atom. The van der Waals surface area contributed by atoms with E-state index < -0.39 is 0 Å². The van der Waals surface area contributed by atoms with Crippen LogP contribution in [0, 0.1) is 5.92 Å². The van der Waals surface area contributed by atoms with E-state index in [9.17, 15) is 4.79 Å². The molecule has 2 aromatic rings. The molecule has 0 radical (unpaired) electrons. The Bertz CT molecular complexity index is 749. The van der Waals surface area contributed by atoms with Gasteiger partial charge in [0.05, 0.1) is 12.6 Å². The van der Waals surface area contributed by atoms with Crippen molar-refractivity contribution in [3.05, 3.63) is 29.5 Å². The van der Waals surface area contributed by atoms with E-state index in [2.05, 4.69) is 28.9 Å². The average Bonchev–Trinajstić information content (AvgIpc) is 2.95. The normalized spacial score (nSPS) is 27.9. The topological polar surface area (TPSA) is 45.3 Å². The van der Waals surface area contributed by atoms with E-state index in [0.29, 0.717) is 5.91 Å². The molecule has 1 aromatic heterocycles. The molecule has 1 unspecified atom stereocenters. The molecule has 0 saturated carbocycles. The number of ether oxygens (including phenoxy) is 1. The number of hydrogen-bond donors (Lipinski definition) is 1. The van der Waals surface area contributed by atoms with Crippen LogP contribution in [0.4, 0.5) is 0 Å². The third kappa shape index (κ3) is 1.53.